The van der Waals surface area contributed by atoms with Crippen molar-refractivity contribution in [2.75, 3.05) is 5.32 Å². The average Bonchev–Trinajstić information content (AvgIpc) is 3.08. The lowest BCUT2D eigenvalue weighted by molar-refractivity contribution is 0.466. The zero-order chi connectivity index (χ0) is 14.8. The van der Waals surface area contributed by atoms with E-state index in [1.807, 2.05) is 26.0 Å². The van der Waals surface area contributed by atoms with Crippen LogP contribution < -0.4 is 5.32 Å². The Kier molecular flexibility index (Phi) is 3.53. The molecule has 0 bridgehead atoms. The molecule has 108 valence electrons. The van der Waals surface area contributed by atoms with Crippen LogP contribution in [0.3, 0.4) is 0 Å². The van der Waals surface area contributed by atoms with Crippen LogP contribution in [0.15, 0.2) is 29.2 Å². The quantitative estimate of drug-likeness (QED) is 0.789. The topological polar surface area (TPSA) is 94.6 Å². The van der Waals surface area contributed by atoms with Crippen molar-refractivity contribution in [3.63, 3.8) is 0 Å². The van der Waals surface area contributed by atoms with Gasteiger partial charge in [-0.15, -0.1) is 0 Å². The van der Waals surface area contributed by atoms with E-state index in [0.29, 0.717) is 5.95 Å². The summed E-state index contributed by atoms with van der Waals surface area (Å²) in [5.74, 6) is 2.25. The molecule has 0 aliphatic rings. The fourth-order valence-corrected chi connectivity index (χ4v) is 1.92. The third-order valence-corrected chi connectivity index (χ3v) is 2.92. The Morgan fingerprint density at radius 3 is 2.81 bits per heavy atom. The summed E-state index contributed by atoms with van der Waals surface area (Å²) in [5, 5.41) is 7.14. The molecule has 8 nitrogen and oxygen atoms in total. The Hall–Kier alpha value is -2.48. The minimum Gasteiger partial charge on any atom is -0.464 e. The van der Waals surface area contributed by atoms with Crippen molar-refractivity contribution >= 4 is 17.5 Å². The number of rotatable bonds is 4. The number of hydrogen-bond donors (Lipinski definition) is 1. The van der Waals surface area contributed by atoms with Gasteiger partial charge in [-0.1, -0.05) is 0 Å². The molecule has 1 N–H and O–H groups in total. The van der Waals surface area contributed by atoms with E-state index in [0.717, 1.165) is 11.5 Å². The molecule has 0 aliphatic carbocycles. The van der Waals surface area contributed by atoms with Crippen molar-refractivity contribution in [1.29, 1.82) is 0 Å². The molecule has 0 aromatic carbocycles. The number of anilines is 1. The van der Waals surface area contributed by atoms with E-state index in [1.54, 1.807) is 0 Å². The molecule has 3 aromatic heterocycles. The molecule has 0 saturated carbocycles. The highest BCUT2D eigenvalue weighted by atomic mass is 35.5. The molecule has 0 radical (unpaired) electrons. The van der Waals surface area contributed by atoms with Gasteiger partial charge in [0.2, 0.25) is 11.2 Å². The fraction of sp³-hybridized carbons (Fsp3) is 0.250. The van der Waals surface area contributed by atoms with Crippen LogP contribution in [-0.4, -0.2) is 29.7 Å². The highest BCUT2D eigenvalue weighted by molar-refractivity contribution is 6.28. The maximum absolute atomic E-state index is 5.91. The fourth-order valence-electron chi connectivity index (χ4n) is 1.77. The van der Waals surface area contributed by atoms with E-state index in [1.165, 1.54) is 17.3 Å². The first-order valence-electron chi connectivity index (χ1n) is 6.21. The normalized spacial score (nSPS) is 12.3. The van der Waals surface area contributed by atoms with Gasteiger partial charge in [-0.3, -0.25) is 0 Å². The molecule has 0 saturated heterocycles. The minimum atomic E-state index is -0.110. The molecule has 21 heavy (non-hydrogen) atoms. The van der Waals surface area contributed by atoms with E-state index in [9.17, 15) is 0 Å². The van der Waals surface area contributed by atoms with Crippen molar-refractivity contribution in [2.45, 2.75) is 19.9 Å². The largest absolute Gasteiger partial charge is 0.464 e. The average molecular weight is 306 g/mol. The van der Waals surface area contributed by atoms with Gasteiger partial charge >= 0.3 is 0 Å². The van der Waals surface area contributed by atoms with E-state index in [-0.39, 0.29) is 17.3 Å². The smallest absolute Gasteiger partial charge is 0.258 e. The van der Waals surface area contributed by atoms with E-state index < -0.39 is 0 Å². The van der Waals surface area contributed by atoms with Gasteiger partial charge in [-0.2, -0.15) is 24.7 Å². The molecule has 0 spiro atoms. The number of halogens is 1. The lowest BCUT2D eigenvalue weighted by atomic mass is 10.2. The van der Waals surface area contributed by atoms with E-state index in [4.69, 9.17) is 16.0 Å². The maximum Gasteiger partial charge on any atom is 0.258 e. The summed E-state index contributed by atoms with van der Waals surface area (Å²) < 4.78 is 6.96. The van der Waals surface area contributed by atoms with Crippen molar-refractivity contribution in [3.05, 3.63) is 41.6 Å². The predicted octanol–water partition coefficient (Wildman–Crippen LogP) is 2.18. The molecule has 0 fully saturated rings. The first-order valence-corrected chi connectivity index (χ1v) is 6.59. The predicted molar refractivity (Wildman–Crippen MR) is 75.2 cm³/mol. The van der Waals surface area contributed by atoms with Crippen LogP contribution in [0.1, 0.15) is 24.5 Å². The van der Waals surface area contributed by atoms with Crippen LogP contribution >= 0.6 is 11.6 Å². The number of hydrogen-bond acceptors (Lipinski definition) is 7. The first kappa shape index (κ1) is 13.5. The molecular weight excluding hydrogens is 294 g/mol. The van der Waals surface area contributed by atoms with Gasteiger partial charge in [0.05, 0.1) is 6.04 Å². The van der Waals surface area contributed by atoms with Crippen LogP contribution in [0.4, 0.5) is 5.95 Å². The van der Waals surface area contributed by atoms with Crippen LogP contribution in [0.25, 0.3) is 5.95 Å². The Labute approximate surface area is 125 Å². The Balaban J connectivity index is 1.85. The van der Waals surface area contributed by atoms with Crippen molar-refractivity contribution in [2.24, 2.45) is 0 Å². The summed E-state index contributed by atoms with van der Waals surface area (Å²) in [6.07, 6.45) is 2.87. The molecule has 3 heterocycles. The second kappa shape index (κ2) is 5.49. The van der Waals surface area contributed by atoms with Crippen LogP contribution in [0.5, 0.6) is 0 Å². The lowest BCUT2D eigenvalue weighted by Gasteiger charge is -2.11. The van der Waals surface area contributed by atoms with Crippen LogP contribution in [-0.2, 0) is 0 Å². The van der Waals surface area contributed by atoms with Crippen LogP contribution in [0, 0.1) is 6.92 Å². The SMILES string of the molecule is Cc1ccc(C(C)Nc2nc(Cl)nc(-n3cncn3)n2)o1. The summed E-state index contributed by atoms with van der Waals surface area (Å²) in [6.45, 7) is 3.82. The number of nitrogens with one attached hydrogen (secondary N) is 1. The molecular formula is C12H12ClN7O. The third-order valence-electron chi connectivity index (χ3n) is 2.75. The highest BCUT2D eigenvalue weighted by Crippen LogP contribution is 2.20. The van der Waals surface area contributed by atoms with Crippen molar-refractivity contribution < 1.29 is 4.42 Å². The Morgan fingerprint density at radius 1 is 1.29 bits per heavy atom. The number of furan rings is 1. The van der Waals surface area contributed by atoms with Gasteiger partial charge in [0.25, 0.3) is 5.95 Å². The van der Waals surface area contributed by atoms with Gasteiger partial charge in [0.15, 0.2) is 0 Å². The second-order valence-electron chi connectivity index (χ2n) is 4.38. The molecule has 3 rings (SSSR count). The van der Waals surface area contributed by atoms with Gasteiger partial charge < -0.3 is 9.73 Å². The van der Waals surface area contributed by atoms with Gasteiger partial charge in [0.1, 0.15) is 24.2 Å². The van der Waals surface area contributed by atoms with Crippen molar-refractivity contribution in [1.82, 2.24) is 29.7 Å². The van der Waals surface area contributed by atoms with Crippen LogP contribution in [0.2, 0.25) is 5.28 Å². The van der Waals surface area contributed by atoms with Crippen molar-refractivity contribution in [3.8, 4) is 5.95 Å². The maximum atomic E-state index is 5.91. The second-order valence-corrected chi connectivity index (χ2v) is 4.72. The summed E-state index contributed by atoms with van der Waals surface area (Å²) in [6, 6.07) is 3.68. The molecule has 9 heteroatoms. The lowest BCUT2D eigenvalue weighted by Crippen LogP contribution is -2.12. The molecule has 0 amide bonds. The van der Waals surface area contributed by atoms with E-state index >= 15 is 0 Å². The standard InChI is InChI=1S/C12H12ClN7O/c1-7-3-4-9(21-7)8(2)16-11-17-10(13)18-12(19-11)20-6-14-5-15-20/h3-6,8H,1-2H3,(H,16,17,18,19). The van der Waals surface area contributed by atoms with E-state index in [2.05, 4.69) is 30.4 Å². The number of nitrogens with zero attached hydrogens (tertiary/aromatic N) is 6. The van der Waals surface area contributed by atoms with Gasteiger partial charge in [0, 0.05) is 0 Å². The summed E-state index contributed by atoms with van der Waals surface area (Å²) >= 11 is 5.91. The summed E-state index contributed by atoms with van der Waals surface area (Å²) in [7, 11) is 0. The monoisotopic (exact) mass is 305 g/mol. The highest BCUT2D eigenvalue weighted by Gasteiger charge is 2.13. The molecule has 1 unspecified atom stereocenters. The number of aromatic nitrogens is 6. The zero-order valence-electron chi connectivity index (χ0n) is 11.4. The first-order chi connectivity index (χ1) is 10.1. The summed E-state index contributed by atoms with van der Waals surface area (Å²) in [4.78, 5) is 16.1. The molecule has 3 aromatic rings. The summed E-state index contributed by atoms with van der Waals surface area (Å²) in [5.41, 5.74) is 0. The van der Waals surface area contributed by atoms with Gasteiger partial charge in [-0.05, 0) is 37.6 Å². The Morgan fingerprint density at radius 2 is 2.14 bits per heavy atom. The zero-order valence-corrected chi connectivity index (χ0v) is 12.1. The number of aryl methyl sites for hydroxylation is 1. The molecule has 1 atom stereocenters. The molecule has 0 aliphatic heterocycles. The third kappa shape index (κ3) is 3.00. The Bertz CT molecular complexity index is 740. The minimum absolute atomic E-state index is 0.0702. The van der Waals surface area contributed by atoms with Gasteiger partial charge in [-0.25, -0.2) is 4.98 Å².